The first kappa shape index (κ1) is 14.5. The minimum Gasteiger partial charge on any atom is -0.398 e. The van der Waals surface area contributed by atoms with Crippen molar-refractivity contribution in [2.75, 3.05) is 5.73 Å². The SMILES string of the molecule is Cc1ccc(N)c(C)c1S(=O)(=O)NC(C)c1ncc[nH]1. The van der Waals surface area contributed by atoms with Crippen molar-refractivity contribution in [1.82, 2.24) is 14.7 Å². The molecule has 0 saturated heterocycles. The Labute approximate surface area is 118 Å². The second-order valence-electron chi connectivity index (χ2n) is 4.74. The van der Waals surface area contributed by atoms with Gasteiger partial charge in [0.05, 0.1) is 10.9 Å². The number of aromatic nitrogens is 2. The van der Waals surface area contributed by atoms with E-state index in [2.05, 4.69) is 14.7 Å². The molecule has 20 heavy (non-hydrogen) atoms. The highest BCUT2D eigenvalue weighted by Gasteiger charge is 2.24. The molecule has 1 aromatic carbocycles. The molecule has 0 bridgehead atoms. The summed E-state index contributed by atoms with van der Waals surface area (Å²) in [5.74, 6) is 0.563. The van der Waals surface area contributed by atoms with Crippen LogP contribution in [0.4, 0.5) is 5.69 Å². The van der Waals surface area contributed by atoms with Crippen LogP contribution in [0.2, 0.25) is 0 Å². The Hall–Kier alpha value is -1.86. The van der Waals surface area contributed by atoms with Crippen LogP contribution in [0.5, 0.6) is 0 Å². The highest BCUT2D eigenvalue weighted by Crippen LogP contribution is 2.25. The van der Waals surface area contributed by atoms with E-state index in [0.29, 0.717) is 22.6 Å². The summed E-state index contributed by atoms with van der Waals surface area (Å²) in [6, 6.07) is 2.96. The summed E-state index contributed by atoms with van der Waals surface area (Å²) < 4.78 is 27.7. The summed E-state index contributed by atoms with van der Waals surface area (Å²) in [6.45, 7) is 5.18. The molecule has 1 unspecified atom stereocenters. The summed E-state index contributed by atoms with van der Waals surface area (Å²) in [5, 5.41) is 0. The molecule has 4 N–H and O–H groups in total. The van der Waals surface area contributed by atoms with Gasteiger partial charge in [0, 0.05) is 18.1 Å². The largest absolute Gasteiger partial charge is 0.398 e. The minimum atomic E-state index is -3.66. The molecule has 1 aromatic heterocycles. The molecule has 0 radical (unpaired) electrons. The fraction of sp³-hybridized carbons (Fsp3) is 0.308. The fourth-order valence-corrected chi connectivity index (χ4v) is 3.83. The highest BCUT2D eigenvalue weighted by molar-refractivity contribution is 7.89. The van der Waals surface area contributed by atoms with Gasteiger partial charge in [0.25, 0.3) is 0 Å². The van der Waals surface area contributed by atoms with Crippen LogP contribution in [0.3, 0.4) is 0 Å². The number of H-pyrrole nitrogens is 1. The Morgan fingerprint density at radius 1 is 1.35 bits per heavy atom. The van der Waals surface area contributed by atoms with Crippen LogP contribution in [0, 0.1) is 13.8 Å². The third-order valence-corrected chi connectivity index (χ3v) is 5.00. The van der Waals surface area contributed by atoms with E-state index in [-0.39, 0.29) is 4.90 Å². The number of hydrogen-bond acceptors (Lipinski definition) is 4. The molecular formula is C13H18N4O2S. The van der Waals surface area contributed by atoms with Crippen LogP contribution in [0.15, 0.2) is 29.4 Å². The summed E-state index contributed by atoms with van der Waals surface area (Å²) >= 11 is 0. The molecule has 2 rings (SSSR count). The number of sulfonamides is 1. The Morgan fingerprint density at radius 3 is 2.65 bits per heavy atom. The van der Waals surface area contributed by atoms with Gasteiger partial charge in [0.1, 0.15) is 5.82 Å². The van der Waals surface area contributed by atoms with Gasteiger partial charge in [-0.3, -0.25) is 0 Å². The number of nitrogen functional groups attached to an aromatic ring is 1. The molecule has 0 amide bonds. The molecule has 1 atom stereocenters. The van der Waals surface area contributed by atoms with E-state index in [9.17, 15) is 8.42 Å². The van der Waals surface area contributed by atoms with E-state index in [0.717, 1.165) is 0 Å². The number of hydrogen-bond donors (Lipinski definition) is 3. The lowest BCUT2D eigenvalue weighted by molar-refractivity contribution is 0.560. The molecule has 0 fully saturated rings. The van der Waals surface area contributed by atoms with Crippen molar-refractivity contribution >= 4 is 15.7 Å². The maximum atomic E-state index is 12.5. The maximum absolute atomic E-state index is 12.5. The lowest BCUT2D eigenvalue weighted by Crippen LogP contribution is -2.29. The number of rotatable bonds is 4. The van der Waals surface area contributed by atoms with Gasteiger partial charge in [-0.1, -0.05) is 6.07 Å². The molecule has 6 nitrogen and oxygen atoms in total. The van der Waals surface area contributed by atoms with Crippen molar-refractivity contribution in [3.8, 4) is 0 Å². The summed E-state index contributed by atoms with van der Waals surface area (Å²) in [4.78, 5) is 7.17. The normalized spacial score (nSPS) is 13.3. The molecule has 0 aliphatic heterocycles. The summed E-state index contributed by atoms with van der Waals surface area (Å²) in [6.07, 6.45) is 3.23. The minimum absolute atomic E-state index is 0.232. The average molecular weight is 294 g/mol. The van der Waals surface area contributed by atoms with Crippen LogP contribution >= 0.6 is 0 Å². The van der Waals surface area contributed by atoms with E-state index in [4.69, 9.17) is 5.73 Å². The number of anilines is 1. The van der Waals surface area contributed by atoms with Crippen LogP contribution in [0.25, 0.3) is 0 Å². The number of aromatic amines is 1. The number of benzene rings is 1. The quantitative estimate of drug-likeness (QED) is 0.746. The van der Waals surface area contributed by atoms with Crippen molar-refractivity contribution in [1.29, 1.82) is 0 Å². The van der Waals surface area contributed by atoms with Gasteiger partial charge < -0.3 is 10.7 Å². The monoisotopic (exact) mass is 294 g/mol. The van der Waals surface area contributed by atoms with Gasteiger partial charge in [-0.05, 0) is 38.0 Å². The Kier molecular flexibility index (Phi) is 3.82. The molecule has 0 aliphatic carbocycles. The van der Waals surface area contributed by atoms with Crippen molar-refractivity contribution in [3.05, 3.63) is 41.5 Å². The molecule has 0 spiro atoms. The number of imidazole rings is 1. The van der Waals surface area contributed by atoms with Crippen LogP contribution in [-0.4, -0.2) is 18.4 Å². The van der Waals surface area contributed by atoms with Gasteiger partial charge in [-0.2, -0.15) is 0 Å². The van der Waals surface area contributed by atoms with Gasteiger partial charge in [0.15, 0.2) is 0 Å². The molecule has 7 heteroatoms. The van der Waals surface area contributed by atoms with E-state index in [1.54, 1.807) is 45.3 Å². The summed E-state index contributed by atoms with van der Waals surface area (Å²) in [5.41, 5.74) is 7.48. The topological polar surface area (TPSA) is 101 Å². The van der Waals surface area contributed by atoms with E-state index in [1.165, 1.54) is 0 Å². The number of nitrogens with zero attached hydrogens (tertiary/aromatic N) is 1. The average Bonchev–Trinajstić information content (AvgIpc) is 2.87. The Bertz CT molecular complexity index is 708. The van der Waals surface area contributed by atoms with E-state index >= 15 is 0 Å². The first-order valence-corrected chi connectivity index (χ1v) is 7.68. The third-order valence-electron chi connectivity index (χ3n) is 3.17. The van der Waals surface area contributed by atoms with Crippen molar-refractivity contribution in [2.45, 2.75) is 31.7 Å². The predicted octanol–water partition coefficient (Wildman–Crippen LogP) is 1.65. The van der Waals surface area contributed by atoms with E-state index < -0.39 is 16.1 Å². The zero-order chi connectivity index (χ0) is 14.9. The molecule has 2 aromatic rings. The molecule has 0 saturated carbocycles. The van der Waals surface area contributed by atoms with Crippen molar-refractivity contribution in [3.63, 3.8) is 0 Å². The molecule has 108 valence electrons. The highest BCUT2D eigenvalue weighted by atomic mass is 32.2. The number of aryl methyl sites for hydroxylation is 1. The lowest BCUT2D eigenvalue weighted by atomic mass is 10.1. The van der Waals surface area contributed by atoms with Gasteiger partial charge in [-0.25, -0.2) is 18.1 Å². The van der Waals surface area contributed by atoms with Crippen molar-refractivity contribution < 1.29 is 8.42 Å². The van der Waals surface area contributed by atoms with Gasteiger partial charge in [0.2, 0.25) is 10.0 Å². The first-order chi connectivity index (χ1) is 9.33. The maximum Gasteiger partial charge on any atom is 0.241 e. The Morgan fingerprint density at radius 2 is 2.05 bits per heavy atom. The van der Waals surface area contributed by atoms with Gasteiger partial charge >= 0.3 is 0 Å². The van der Waals surface area contributed by atoms with Crippen LogP contribution < -0.4 is 10.5 Å². The Balaban J connectivity index is 2.39. The number of nitrogens with two attached hydrogens (primary N) is 1. The van der Waals surface area contributed by atoms with E-state index in [1.807, 2.05) is 0 Å². The van der Waals surface area contributed by atoms with Gasteiger partial charge in [-0.15, -0.1) is 0 Å². The third kappa shape index (κ3) is 2.68. The zero-order valence-corrected chi connectivity index (χ0v) is 12.5. The summed E-state index contributed by atoms with van der Waals surface area (Å²) in [7, 11) is -3.66. The van der Waals surface area contributed by atoms with Crippen LogP contribution in [0.1, 0.15) is 29.9 Å². The lowest BCUT2D eigenvalue weighted by Gasteiger charge is -2.16. The molecule has 1 heterocycles. The smallest absolute Gasteiger partial charge is 0.241 e. The first-order valence-electron chi connectivity index (χ1n) is 6.20. The predicted molar refractivity (Wildman–Crippen MR) is 77.7 cm³/mol. The fourth-order valence-electron chi connectivity index (χ4n) is 2.12. The number of nitrogens with one attached hydrogen (secondary N) is 2. The molecular weight excluding hydrogens is 276 g/mol. The standard InChI is InChI=1S/C13H18N4O2S/c1-8-4-5-11(14)9(2)12(8)20(18,19)17-10(3)13-15-6-7-16-13/h4-7,10,17H,14H2,1-3H3,(H,15,16). The molecule has 0 aliphatic rings. The second-order valence-corrected chi connectivity index (χ2v) is 6.39. The van der Waals surface area contributed by atoms with Crippen molar-refractivity contribution in [2.24, 2.45) is 0 Å². The van der Waals surface area contributed by atoms with Crippen LogP contribution in [-0.2, 0) is 10.0 Å². The second kappa shape index (κ2) is 5.26. The zero-order valence-electron chi connectivity index (χ0n) is 11.6.